The number of nitrogens with zero attached hydrogens (tertiary/aromatic N) is 5. The van der Waals surface area contributed by atoms with E-state index in [9.17, 15) is 4.79 Å². The van der Waals surface area contributed by atoms with E-state index in [-0.39, 0.29) is 5.56 Å². The fourth-order valence-electron chi connectivity index (χ4n) is 5.84. The molecule has 1 aliphatic rings. The topological polar surface area (TPSA) is 70.0 Å². The molecule has 41 heavy (non-hydrogen) atoms. The fraction of sp³-hybridized carbons (Fsp3) is 0.324. The van der Waals surface area contributed by atoms with Crippen molar-refractivity contribution in [2.75, 3.05) is 37.6 Å². The molecule has 0 unspecified atom stereocenters. The molecule has 2 aromatic heterocycles. The van der Waals surface area contributed by atoms with Crippen molar-refractivity contribution in [3.63, 3.8) is 0 Å². The van der Waals surface area contributed by atoms with Crippen molar-refractivity contribution < 1.29 is 0 Å². The number of benzene rings is 3. The zero-order chi connectivity index (χ0) is 28.2. The van der Waals surface area contributed by atoms with Crippen molar-refractivity contribution in [2.24, 2.45) is 0 Å². The summed E-state index contributed by atoms with van der Waals surface area (Å²) in [6, 6.07) is 22.8. The van der Waals surface area contributed by atoms with Gasteiger partial charge in [0.05, 0.1) is 22.1 Å². The Morgan fingerprint density at radius 1 is 0.878 bits per heavy atom. The average Bonchev–Trinajstić information content (AvgIpc) is 3.63. The van der Waals surface area contributed by atoms with Crippen LogP contribution < -0.4 is 10.5 Å². The number of hydrogen-bond donors (Lipinski definition) is 1. The van der Waals surface area contributed by atoms with Crippen molar-refractivity contribution in [1.82, 2.24) is 24.4 Å². The monoisotopic (exact) mass is 546 g/mol. The molecule has 7 nitrogen and oxygen atoms in total. The number of H-pyrrole nitrogens is 1. The van der Waals surface area contributed by atoms with Crippen LogP contribution in [0.15, 0.2) is 71.5 Å². The average molecular weight is 547 g/mol. The van der Waals surface area contributed by atoms with Crippen LogP contribution in [0.1, 0.15) is 49.3 Å². The number of nitrogens with one attached hydrogen (secondary N) is 1. The summed E-state index contributed by atoms with van der Waals surface area (Å²) in [5.74, 6) is 0.911. The Morgan fingerprint density at radius 3 is 2.37 bits per heavy atom. The molecule has 0 spiro atoms. The van der Waals surface area contributed by atoms with E-state index in [2.05, 4.69) is 75.7 Å². The van der Waals surface area contributed by atoms with Gasteiger partial charge in [-0.3, -0.25) is 4.79 Å². The minimum Gasteiger partial charge on any atom is -0.372 e. The van der Waals surface area contributed by atoms with Crippen LogP contribution in [0, 0.1) is 0 Å². The minimum absolute atomic E-state index is 0.151. The largest absolute Gasteiger partial charge is 0.372 e. The molecule has 0 aliphatic carbocycles. The summed E-state index contributed by atoms with van der Waals surface area (Å²) in [7, 11) is 0. The molecular weight excluding hydrogens is 508 g/mol. The molecule has 3 aromatic carbocycles. The van der Waals surface area contributed by atoms with E-state index >= 15 is 0 Å². The highest BCUT2D eigenvalue weighted by Gasteiger charge is 2.16. The molecule has 1 fully saturated rings. The Morgan fingerprint density at radius 2 is 1.63 bits per heavy atom. The van der Waals surface area contributed by atoms with Crippen LogP contribution in [0.5, 0.6) is 0 Å². The first kappa shape index (κ1) is 27.0. The van der Waals surface area contributed by atoms with Gasteiger partial charge in [0.15, 0.2) is 0 Å². The summed E-state index contributed by atoms with van der Waals surface area (Å²) in [5, 5.41) is 0. The summed E-state index contributed by atoms with van der Waals surface area (Å²) < 4.78 is 2.30. The summed E-state index contributed by atoms with van der Waals surface area (Å²) in [4.78, 5) is 30.7. The SMILES string of the molecule is CCN(CC)c1ccc(C=Cc2nc3cc4[nH]c(=O)c(Cc5ccccc5)nc4cc3n2CCN2CCCC2)cc1. The number of hydrogen-bond acceptors (Lipinski definition) is 5. The van der Waals surface area contributed by atoms with Crippen LogP contribution in [0.25, 0.3) is 34.2 Å². The predicted molar refractivity (Wildman–Crippen MR) is 170 cm³/mol. The van der Waals surface area contributed by atoms with Gasteiger partial charge in [-0.1, -0.05) is 48.5 Å². The van der Waals surface area contributed by atoms with E-state index < -0.39 is 0 Å². The van der Waals surface area contributed by atoms with Crippen LogP contribution in [0.4, 0.5) is 5.69 Å². The second kappa shape index (κ2) is 12.1. The van der Waals surface area contributed by atoms with Gasteiger partial charge in [-0.05, 0) is 81.2 Å². The van der Waals surface area contributed by atoms with Gasteiger partial charge in [-0.25, -0.2) is 9.97 Å². The van der Waals surface area contributed by atoms with Gasteiger partial charge < -0.3 is 19.4 Å². The number of anilines is 1. The molecule has 1 aliphatic heterocycles. The molecule has 1 saturated heterocycles. The van der Waals surface area contributed by atoms with Crippen LogP contribution in [-0.4, -0.2) is 57.1 Å². The Hall–Kier alpha value is -4.23. The van der Waals surface area contributed by atoms with Crippen molar-refractivity contribution in [3.8, 4) is 0 Å². The van der Waals surface area contributed by atoms with Crippen LogP contribution in [0.3, 0.4) is 0 Å². The third-order valence-electron chi connectivity index (χ3n) is 8.16. The zero-order valence-electron chi connectivity index (χ0n) is 24.0. The molecule has 0 bridgehead atoms. The van der Waals surface area contributed by atoms with E-state index in [1.165, 1.54) is 18.5 Å². The first-order valence-corrected chi connectivity index (χ1v) is 14.8. The lowest BCUT2D eigenvalue weighted by Gasteiger charge is -2.20. The van der Waals surface area contributed by atoms with Gasteiger partial charge in [0.2, 0.25) is 0 Å². The van der Waals surface area contributed by atoms with E-state index in [1.54, 1.807) is 0 Å². The first-order chi connectivity index (χ1) is 20.1. The number of rotatable bonds is 10. The van der Waals surface area contributed by atoms with Gasteiger partial charge in [-0.2, -0.15) is 0 Å². The van der Waals surface area contributed by atoms with Crippen molar-refractivity contribution in [2.45, 2.75) is 39.7 Å². The Balaban J connectivity index is 1.36. The van der Waals surface area contributed by atoms with Crippen LogP contribution >= 0.6 is 0 Å². The molecule has 7 heteroatoms. The lowest BCUT2D eigenvalue weighted by molar-refractivity contribution is 0.324. The lowest BCUT2D eigenvalue weighted by Crippen LogP contribution is -2.24. The summed E-state index contributed by atoms with van der Waals surface area (Å²) in [6.07, 6.45) is 7.29. The van der Waals surface area contributed by atoms with E-state index in [1.807, 2.05) is 36.4 Å². The molecule has 0 atom stereocenters. The van der Waals surface area contributed by atoms with Gasteiger partial charge >= 0.3 is 0 Å². The molecule has 0 saturated carbocycles. The zero-order valence-corrected chi connectivity index (χ0v) is 24.0. The molecule has 0 radical (unpaired) electrons. The summed E-state index contributed by atoms with van der Waals surface area (Å²) in [5.41, 5.74) is 7.23. The maximum absolute atomic E-state index is 12.9. The maximum Gasteiger partial charge on any atom is 0.270 e. The molecule has 3 heterocycles. The predicted octanol–water partition coefficient (Wildman–Crippen LogP) is 5.98. The van der Waals surface area contributed by atoms with Gasteiger partial charge in [0.25, 0.3) is 5.56 Å². The Bertz CT molecular complexity index is 1710. The summed E-state index contributed by atoms with van der Waals surface area (Å²) in [6.45, 7) is 10.5. The highest BCUT2D eigenvalue weighted by atomic mass is 16.1. The Labute approximate surface area is 241 Å². The number of aromatic nitrogens is 4. The summed E-state index contributed by atoms with van der Waals surface area (Å²) >= 11 is 0. The maximum atomic E-state index is 12.9. The fourth-order valence-corrected chi connectivity index (χ4v) is 5.84. The highest BCUT2D eigenvalue weighted by molar-refractivity contribution is 5.92. The molecular formula is C34H38N6O. The third kappa shape index (κ3) is 5.95. The second-order valence-corrected chi connectivity index (χ2v) is 10.8. The minimum atomic E-state index is -0.151. The van der Waals surface area contributed by atoms with E-state index in [0.717, 1.165) is 72.8 Å². The van der Waals surface area contributed by atoms with Crippen LogP contribution in [-0.2, 0) is 13.0 Å². The quantitative estimate of drug-likeness (QED) is 0.234. The normalized spacial score (nSPS) is 14.1. The molecule has 1 N–H and O–H groups in total. The number of aromatic amines is 1. The first-order valence-electron chi connectivity index (χ1n) is 14.8. The number of fused-ring (bicyclic) bond motifs is 2. The number of imidazole rings is 1. The van der Waals surface area contributed by atoms with Crippen LogP contribution in [0.2, 0.25) is 0 Å². The standard InChI is InChI=1S/C34H38N6O/c1-3-39(4-2)27-15-12-25(13-16-27)14-17-33-36-30-23-28-29(24-32(30)40(33)21-20-38-18-8-9-19-38)35-31(34(41)37-28)22-26-10-6-5-7-11-26/h5-7,10-17,23-24H,3-4,8-9,18-22H2,1-2H3,(H,37,41). The Kier molecular flexibility index (Phi) is 7.96. The van der Waals surface area contributed by atoms with E-state index in [0.29, 0.717) is 17.6 Å². The van der Waals surface area contributed by atoms with E-state index in [4.69, 9.17) is 9.97 Å². The lowest BCUT2D eigenvalue weighted by atomic mass is 10.1. The van der Waals surface area contributed by atoms with Crippen molar-refractivity contribution in [3.05, 3.63) is 99.7 Å². The van der Waals surface area contributed by atoms with Gasteiger partial charge in [-0.15, -0.1) is 0 Å². The van der Waals surface area contributed by atoms with Gasteiger partial charge in [0.1, 0.15) is 11.5 Å². The van der Waals surface area contributed by atoms with Crippen molar-refractivity contribution in [1.29, 1.82) is 0 Å². The second-order valence-electron chi connectivity index (χ2n) is 10.8. The van der Waals surface area contributed by atoms with Gasteiger partial charge in [0, 0.05) is 38.3 Å². The number of likely N-dealkylation sites (tertiary alicyclic amines) is 1. The van der Waals surface area contributed by atoms with Crippen molar-refractivity contribution >= 4 is 39.9 Å². The molecule has 0 amide bonds. The molecule has 6 rings (SSSR count). The smallest absolute Gasteiger partial charge is 0.270 e. The highest BCUT2D eigenvalue weighted by Crippen LogP contribution is 2.24. The molecule has 210 valence electrons. The third-order valence-corrected chi connectivity index (χ3v) is 8.16. The molecule has 5 aromatic rings.